The smallest absolute Gasteiger partial charge is 0.225 e. The van der Waals surface area contributed by atoms with Crippen molar-refractivity contribution in [2.24, 2.45) is 11.8 Å². The first-order chi connectivity index (χ1) is 16.4. The summed E-state index contributed by atoms with van der Waals surface area (Å²) in [6.07, 6.45) is 7.87. The second kappa shape index (κ2) is 10.4. The van der Waals surface area contributed by atoms with E-state index in [1.54, 1.807) is 12.1 Å². The van der Waals surface area contributed by atoms with Gasteiger partial charge in [0.15, 0.2) is 0 Å². The van der Waals surface area contributed by atoms with Crippen molar-refractivity contribution in [3.05, 3.63) is 35.6 Å². The van der Waals surface area contributed by atoms with E-state index in [2.05, 4.69) is 34.0 Å². The van der Waals surface area contributed by atoms with Gasteiger partial charge in [0.25, 0.3) is 0 Å². The molecule has 1 aromatic carbocycles. The van der Waals surface area contributed by atoms with E-state index in [9.17, 15) is 9.18 Å². The van der Waals surface area contributed by atoms with Gasteiger partial charge >= 0.3 is 0 Å². The van der Waals surface area contributed by atoms with Crippen LogP contribution in [0.3, 0.4) is 0 Å². The lowest BCUT2D eigenvalue weighted by atomic mass is 9.84. The van der Waals surface area contributed by atoms with Gasteiger partial charge < -0.3 is 16.0 Å². The van der Waals surface area contributed by atoms with Crippen LogP contribution in [0.5, 0.6) is 0 Å². The van der Waals surface area contributed by atoms with Crippen LogP contribution < -0.4 is 16.0 Å². The van der Waals surface area contributed by atoms with Crippen molar-refractivity contribution >= 4 is 17.7 Å². The number of aromatic nitrogens is 2. The summed E-state index contributed by atoms with van der Waals surface area (Å²) in [6.45, 7) is 4.78. The van der Waals surface area contributed by atoms with Crippen LogP contribution in [0.25, 0.3) is 11.3 Å². The van der Waals surface area contributed by atoms with Crippen LogP contribution >= 0.6 is 0 Å². The number of amides is 1. The molecular formula is C26H33FN6O. The number of halogens is 1. The van der Waals surface area contributed by atoms with Crippen molar-refractivity contribution in [3.8, 4) is 17.3 Å². The highest BCUT2D eigenvalue weighted by Crippen LogP contribution is 2.31. The monoisotopic (exact) mass is 464 g/mol. The molecule has 1 aromatic heterocycles. The number of anilines is 2. The molecule has 1 saturated heterocycles. The maximum Gasteiger partial charge on any atom is 0.225 e. The second-order valence-corrected chi connectivity index (χ2v) is 9.75. The van der Waals surface area contributed by atoms with Crippen molar-refractivity contribution in [1.82, 2.24) is 15.3 Å². The summed E-state index contributed by atoms with van der Waals surface area (Å²) in [4.78, 5) is 23.9. The molecule has 180 valence electrons. The normalized spacial score (nSPS) is 22.1. The number of carbonyl (C=O) groups excluding carboxylic acids is 1. The number of benzene rings is 1. The summed E-state index contributed by atoms with van der Waals surface area (Å²) in [6, 6.07) is 8.33. The average Bonchev–Trinajstić information content (AvgIpc) is 2.84. The SMILES string of the molecule is C[C@@H]1CC[C@H](C(=O)N[C@H](C)C2CCCCC2)CN1c1cc(-c2ccc(C#N)c(F)c2)nc(N)n1. The fourth-order valence-corrected chi connectivity index (χ4v) is 5.25. The number of nitriles is 1. The minimum atomic E-state index is -0.603. The summed E-state index contributed by atoms with van der Waals surface area (Å²) in [7, 11) is 0. The van der Waals surface area contributed by atoms with Crippen LogP contribution in [0, 0.1) is 29.0 Å². The summed E-state index contributed by atoms with van der Waals surface area (Å²) in [5.41, 5.74) is 6.99. The number of nitrogens with two attached hydrogens (primary N) is 1. The fourth-order valence-electron chi connectivity index (χ4n) is 5.25. The van der Waals surface area contributed by atoms with E-state index in [-0.39, 0.29) is 35.4 Å². The molecule has 2 fully saturated rings. The van der Waals surface area contributed by atoms with Crippen LogP contribution in [-0.4, -0.2) is 34.5 Å². The Bertz CT molecular complexity index is 1080. The molecule has 0 unspecified atom stereocenters. The Balaban J connectivity index is 1.51. The van der Waals surface area contributed by atoms with Crippen molar-refractivity contribution in [1.29, 1.82) is 5.26 Å². The van der Waals surface area contributed by atoms with E-state index in [1.165, 1.54) is 44.2 Å². The number of hydrogen-bond acceptors (Lipinski definition) is 6. The quantitative estimate of drug-likeness (QED) is 0.678. The van der Waals surface area contributed by atoms with E-state index in [1.807, 2.05) is 6.07 Å². The Hall–Kier alpha value is -3.21. The summed E-state index contributed by atoms with van der Waals surface area (Å²) >= 11 is 0. The highest BCUT2D eigenvalue weighted by atomic mass is 19.1. The summed E-state index contributed by atoms with van der Waals surface area (Å²) in [5, 5.41) is 12.3. The molecule has 1 aliphatic heterocycles. The maximum atomic E-state index is 14.2. The Morgan fingerprint density at radius 1 is 1.21 bits per heavy atom. The predicted octanol–water partition coefficient (Wildman–Crippen LogP) is 4.43. The fraction of sp³-hybridized carbons (Fsp3) is 0.538. The number of rotatable bonds is 5. The van der Waals surface area contributed by atoms with Gasteiger partial charge in [0.05, 0.1) is 17.2 Å². The Morgan fingerprint density at radius 3 is 2.68 bits per heavy atom. The zero-order chi connectivity index (χ0) is 24.2. The third-order valence-corrected chi connectivity index (χ3v) is 7.39. The molecule has 3 atom stereocenters. The number of carbonyl (C=O) groups is 1. The Morgan fingerprint density at radius 2 is 1.97 bits per heavy atom. The lowest BCUT2D eigenvalue weighted by Gasteiger charge is -2.39. The van der Waals surface area contributed by atoms with E-state index in [0.717, 1.165) is 12.8 Å². The van der Waals surface area contributed by atoms with Crippen LogP contribution in [0.15, 0.2) is 24.3 Å². The van der Waals surface area contributed by atoms with Crippen molar-refractivity contribution < 1.29 is 9.18 Å². The highest BCUT2D eigenvalue weighted by molar-refractivity contribution is 5.80. The van der Waals surface area contributed by atoms with Gasteiger partial charge in [-0.3, -0.25) is 4.79 Å². The predicted molar refractivity (Wildman–Crippen MR) is 130 cm³/mol. The van der Waals surface area contributed by atoms with Gasteiger partial charge in [-0.25, -0.2) is 9.37 Å². The lowest BCUT2D eigenvalue weighted by Crippen LogP contribution is -2.50. The number of nitrogens with zero attached hydrogens (tertiary/aromatic N) is 4. The first kappa shape index (κ1) is 23.9. The van der Waals surface area contributed by atoms with E-state index >= 15 is 0 Å². The number of hydrogen-bond donors (Lipinski definition) is 2. The minimum absolute atomic E-state index is 0.0213. The van der Waals surface area contributed by atoms with E-state index in [4.69, 9.17) is 11.0 Å². The number of piperidine rings is 1. The molecule has 1 aliphatic carbocycles. The number of nitrogens with one attached hydrogen (secondary N) is 1. The van der Waals surface area contributed by atoms with Crippen molar-refractivity contribution in [2.75, 3.05) is 17.2 Å². The van der Waals surface area contributed by atoms with Crippen LogP contribution in [-0.2, 0) is 4.79 Å². The second-order valence-electron chi connectivity index (χ2n) is 9.75. The molecule has 0 bridgehead atoms. The lowest BCUT2D eigenvalue weighted by molar-refractivity contribution is -0.126. The van der Waals surface area contributed by atoms with Gasteiger partial charge in [0.1, 0.15) is 17.7 Å². The standard InChI is InChI=1S/C26H33FN6O/c1-16-8-9-21(25(34)30-17(2)18-6-4-3-5-7-18)15-33(16)24-13-23(31-26(29)32-24)19-10-11-20(14-28)22(27)12-19/h10-13,16-18,21H,3-9,15H2,1-2H3,(H,30,34)(H2,29,31,32)/t16-,17-,21+/m1/s1. The Kier molecular flexibility index (Phi) is 7.30. The van der Waals surface area contributed by atoms with Crippen molar-refractivity contribution in [2.45, 2.75) is 70.9 Å². The van der Waals surface area contributed by atoms with Gasteiger partial charge in [-0.1, -0.05) is 25.3 Å². The molecule has 0 spiro atoms. The van der Waals surface area contributed by atoms with E-state index in [0.29, 0.717) is 29.5 Å². The van der Waals surface area contributed by atoms with Crippen molar-refractivity contribution in [3.63, 3.8) is 0 Å². The molecule has 1 amide bonds. The molecular weight excluding hydrogens is 431 g/mol. The van der Waals surface area contributed by atoms with E-state index < -0.39 is 5.82 Å². The maximum absolute atomic E-state index is 14.2. The third kappa shape index (κ3) is 5.30. The molecule has 2 aromatic rings. The summed E-state index contributed by atoms with van der Waals surface area (Å²) < 4.78 is 14.2. The van der Waals surface area contributed by atoms with Crippen LogP contribution in [0.1, 0.15) is 64.4 Å². The third-order valence-electron chi connectivity index (χ3n) is 7.39. The average molecular weight is 465 g/mol. The zero-order valence-corrected chi connectivity index (χ0v) is 19.9. The molecule has 1 saturated carbocycles. The van der Waals surface area contributed by atoms with Gasteiger partial charge in [-0.2, -0.15) is 10.2 Å². The minimum Gasteiger partial charge on any atom is -0.368 e. The first-order valence-corrected chi connectivity index (χ1v) is 12.3. The van der Waals surface area contributed by atoms with Crippen LogP contribution in [0.2, 0.25) is 0 Å². The van der Waals surface area contributed by atoms with Gasteiger partial charge in [-0.15, -0.1) is 0 Å². The molecule has 8 heteroatoms. The molecule has 0 radical (unpaired) electrons. The molecule has 4 rings (SSSR count). The topological polar surface area (TPSA) is 108 Å². The number of nitrogen functional groups attached to an aromatic ring is 1. The molecule has 34 heavy (non-hydrogen) atoms. The molecule has 3 N–H and O–H groups in total. The molecule has 7 nitrogen and oxygen atoms in total. The molecule has 2 aliphatic rings. The zero-order valence-electron chi connectivity index (χ0n) is 19.9. The first-order valence-electron chi connectivity index (χ1n) is 12.3. The molecule has 2 heterocycles. The van der Waals surface area contributed by atoms with Crippen LogP contribution in [0.4, 0.5) is 16.2 Å². The van der Waals surface area contributed by atoms with Gasteiger partial charge in [0, 0.05) is 30.3 Å². The van der Waals surface area contributed by atoms with Gasteiger partial charge in [0.2, 0.25) is 11.9 Å². The summed E-state index contributed by atoms with van der Waals surface area (Å²) in [5.74, 6) is 0.641. The Labute approximate surface area is 200 Å². The van der Waals surface area contributed by atoms with Gasteiger partial charge in [-0.05, 0) is 57.6 Å². The largest absolute Gasteiger partial charge is 0.368 e. The highest BCUT2D eigenvalue weighted by Gasteiger charge is 2.32.